The summed E-state index contributed by atoms with van der Waals surface area (Å²) in [5, 5.41) is 22.4. The van der Waals surface area contributed by atoms with Gasteiger partial charge in [0.2, 0.25) is 0 Å². The van der Waals surface area contributed by atoms with Crippen molar-refractivity contribution >= 4 is 16.7 Å². The van der Waals surface area contributed by atoms with E-state index in [0.717, 1.165) is 29.6 Å². The maximum Gasteiger partial charge on any atom is 0.162 e. The van der Waals surface area contributed by atoms with Gasteiger partial charge in [-0.25, -0.2) is 9.97 Å². The third-order valence-corrected chi connectivity index (χ3v) is 3.88. The lowest BCUT2D eigenvalue weighted by atomic mass is 10.2. The molecule has 0 spiro atoms. The largest absolute Gasteiger partial charge is 0.493 e. The lowest BCUT2D eigenvalue weighted by molar-refractivity contribution is 0.105. The number of aliphatic hydroxyl groups is 2. The van der Waals surface area contributed by atoms with E-state index in [1.54, 1.807) is 14.2 Å². The van der Waals surface area contributed by atoms with Crippen LogP contribution in [0.2, 0.25) is 0 Å². The molecule has 124 valence electrons. The second kappa shape index (κ2) is 6.55. The molecule has 1 aromatic heterocycles. The maximum atomic E-state index is 9.56. The molecule has 1 saturated carbocycles. The summed E-state index contributed by atoms with van der Waals surface area (Å²) in [7, 11) is 3.16. The summed E-state index contributed by atoms with van der Waals surface area (Å²) in [5.74, 6) is 3.03. The standard InChI is InChI=1S/C16H21N3O4/c1-22-13-5-11-12(6-14(13)23-2)18-15(9-3-4-9)19-16(11)17-7-10(21)8-20/h5-6,9-10,20-21H,3-4,7-8H2,1-2H3,(H,17,18,19). The molecule has 1 fully saturated rings. The molecule has 7 nitrogen and oxygen atoms in total. The Morgan fingerprint density at radius 3 is 2.52 bits per heavy atom. The van der Waals surface area contributed by atoms with Gasteiger partial charge in [0, 0.05) is 23.9 Å². The summed E-state index contributed by atoms with van der Waals surface area (Å²) in [6.07, 6.45) is 1.35. The van der Waals surface area contributed by atoms with Crippen LogP contribution in [0.4, 0.5) is 5.82 Å². The summed E-state index contributed by atoms with van der Waals surface area (Å²) in [6.45, 7) is -0.0935. The van der Waals surface area contributed by atoms with Crippen LogP contribution in [-0.2, 0) is 0 Å². The second-order valence-electron chi connectivity index (χ2n) is 5.65. The highest BCUT2D eigenvalue weighted by Crippen LogP contribution is 2.41. The predicted molar refractivity (Wildman–Crippen MR) is 86.2 cm³/mol. The van der Waals surface area contributed by atoms with Crippen LogP contribution >= 0.6 is 0 Å². The molecule has 23 heavy (non-hydrogen) atoms. The minimum absolute atomic E-state index is 0.209. The summed E-state index contributed by atoms with van der Waals surface area (Å²) in [4.78, 5) is 9.22. The first-order valence-electron chi connectivity index (χ1n) is 7.62. The van der Waals surface area contributed by atoms with Crippen molar-refractivity contribution in [1.82, 2.24) is 9.97 Å². The van der Waals surface area contributed by atoms with Crippen LogP contribution in [-0.4, -0.2) is 53.7 Å². The highest BCUT2D eigenvalue weighted by molar-refractivity contribution is 5.92. The number of ether oxygens (including phenoxy) is 2. The number of fused-ring (bicyclic) bond motifs is 1. The van der Waals surface area contributed by atoms with Gasteiger partial charge in [-0.15, -0.1) is 0 Å². The molecule has 2 aromatic rings. The molecule has 1 aliphatic carbocycles. The molecule has 1 unspecified atom stereocenters. The summed E-state index contributed by atoms with van der Waals surface area (Å²) >= 11 is 0. The molecule has 0 radical (unpaired) electrons. The third kappa shape index (κ3) is 3.30. The van der Waals surface area contributed by atoms with E-state index in [1.165, 1.54) is 0 Å². The van der Waals surface area contributed by atoms with E-state index < -0.39 is 6.10 Å². The number of nitrogens with one attached hydrogen (secondary N) is 1. The van der Waals surface area contributed by atoms with Gasteiger partial charge in [0.25, 0.3) is 0 Å². The number of benzene rings is 1. The lowest BCUT2D eigenvalue weighted by Gasteiger charge is -2.15. The normalized spacial score (nSPS) is 15.5. The van der Waals surface area contributed by atoms with Crippen molar-refractivity contribution in [2.45, 2.75) is 24.9 Å². The average molecular weight is 319 g/mol. The topological polar surface area (TPSA) is 96.7 Å². The van der Waals surface area contributed by atoms with Crippen LogP contribution in [0.1, 0.15) is 24.6 Å². The van der Waals surface area contributed by atoms with E-state index >= 15 is 0 Å². The fourth-order valence-electron chi connectivity index (χ4n) is 2.41. The Hall–Kier alpha value is -2.12. The molecule has 1 aromatic carbocycles. The van der Waals surface area contributed by atoms with Gasteiger partial charge in [-0.05, 0) is 18.9 Å². The number of nitrogens with zero attached hydrogens (tertiary/aromatic N) is 2. The fraction of sp³-hybridized carbons (Fsp3) is 0.500. The molecular weight excluding hydrogens is 298 g/mol. The SMILES string of the molecule is COc1cc2nc(C3CC3)nc(NCC(O)CO)c2cc1OC. The Morgan fingerprint density at radius 1 is 1.22 bits per heavy atom. The summed E-state index contributed by atoms with van der Waals surface area (Å²) < 4.78 is 10.7. The van der Waals surface area contributed by atoms with E-state index in [0.29, 0.717) is 23.2 Å². The number of rotatable bonds is 7. The molecule has 0 amide bonds. The van der Waals surface area contributed by atoms with Gasteiger partial charge in [-0.1, -0.05) is 0 Å². The Balaban J connectivity index is 2.06. The molecule has 0 aliphatic heterocycles. The van der Waals surface area contributed by atoms with Crippen molar-refractivity contribution in [2.75, 3.05) is 32.7 Å². The maximum absolute atomic E-state index is 9.56. The van der Waals surface area contributed by atoms with Crippen LogP contribution in [0, 0.1) is 0 Å². The molecule has 0 saturated heterocycles. The number of methoxy groups -OCH3 is 2. The van der Waals surface area contributed by atoms with Gasteiger partial charge in [0.15, 0.2) is 11.5 Å². The Morgan fingerprint density at radius 2 is 1.91 bits per heavy atom. The zero-order chi connectivity index (χ0) is 16.4. The number of aromatic nitrogens is 2. The van der Waals surface area contributed by atoms with Crippen LogP contribution in [0.25, 0.3) is 10.9 Å². The Kier molecular flexibility index (Phi) is 4.49. The molecule has 1 atom stereocenters. The van der Waals surface area contributed by atoms with Crippen LogP contribution in [0.5, 0.6) is 11.5 Å². The molecular formula is C16H21N3O4. The van der Waals surface area contributed by atoms with Crippen LogP contribution in [0.15, 0.2) is 12.1 Å². The molecule has 7 heteroatoms. The van der Waals surface area contributed by atoms with Gasteiger partial charge in [0.1, 0.15) is 11.6 Å². The van der Waals surface area contributed by atoms with Gasteiger partial charge < -0.3 is 25.0 Å². The van der Waals surface area contributed by atoms with Crippen LogP contribution < -0.4 is 14.8 Å². The highest BCUT2D eigenvalue weighted by Gasteiger charge is 2.28. The fourth-order valence-corrected chi connectivity index (χ4v) is 2.41. The molecule has 0 bridgehead atoms. The summed E-state index contributed by atoms with van der Waals surface area (Å²) in [6, 6.07) is 3.65. The van der Waals surface area contributed by atoms with Gasteiger partial charge >= 0.3 is 0 Å². The van der Waals surface area contributed by atoms with E-state index in [1.807, 2.05) is 12.1 Å². The molecule has 3 N–H and O–H groups in total. The number of aliphatic hydroxyl groups excluding tert-OH is 2. The van der Waals surface area contributed by atoms with E-state index in [2.05, 4.69) is 15.3 Å². The van der Waals surface area contributed by atoms with Crippen molar-refractivity contribution in [2.24, 2.45) is 0 Å². The van der Waals surface area contributed by atoms with Crippen molar-refractivity contribution in [3.8, 4) is 11.5 Å². The third-order valence-electron chi connectivity index (χ3n) is 3.88. The average Bonchev–Trinajstić information content (AvgIpc) is 3.42. The first-order valence-corrected chi connectivity index (χ1v) is 7.62. The zero-order valence-electron chi connectivity index (χ0n) is 13.2. The van der Waals surface area contributed by atoms with Crippen molar-refractivity contribution in [3.63, 3.8) is 0 Å². The molecule has 1 heterocycles. The highest BCUT2D eigenvalue weighted by atomic mass is 16.5. The predicted octanol–water partition coefficient (Wildman–Crippen LogP) is 1.29. The van der Waals surface area contributed by atoms with E-state index in [4.69, 9.17) is 14.6 Å². The van der Waals surface area contributed by atoms with Gasteiger partial charge in [-0.3, -0.25) is 0 Å². The number of hydrogen-bond acceptors (Lipinski definition) is 7. The van der Waals surface area contributed by atoms with E-state index in [9.17, 15) is 5.11 Å². The number of anilines is 1. The quantitative estimate of drug-likeness (QED) is 0.707. The Bertz CT molecular complexity index is 703. The minimum atomic E-state index is -0.843. The van der Waals surface area contributed by atoms with Gasteiger partial charge in [0.05, 0.1) is 32.4 Å². The minimum Gasteiger partial charge on any atom is -0.493 e. The second-order valence-corrected chi connectivity index (χ2v) is 5.65. The van der Waals surface area contributed by atoms with Crippen LogP contribution in [0.3, 0.4) is 0 Å². The van der Waals surface area contributed by atoms with Crippen molar-refractivity contribution < 1.29 is 19.7 Å². The summed E-state index contributed by atoms with van der Waals surface area (Å²) in [5.41, 5.74) is 0.764. The monoisotopic (exact) mass is 319 g/mol. The smallest absolute Gasteiger partial charge is 0.162 e. The lowest BCUT2D eigenvalue weighted by Crippen LogP contribution is -2.23. The van der Waals surface area contributed by atoms with E-state index in [-0.39, 0.29) is 13.2 Å². The molecule has 3 rings (SSSR count). The zero-order valence-corrected chi connectivity index (χ0v) is 13.2. The first kappa shape index (κ1) is 15.8. The van der Waals surface area contributed by atoms with Crippen molar-refractivity contribution in [1.29, 1.82) is 0 Å². The molecule has 1 aliphatic rings. The Labute approximate surface area is 134 Å². The first-order chi connectivity index (χ1) is 11.2. The van der Waals surface area contributed by atoms with Gasteiger partial charge in [-0.2, -0.15) is 0 Å². The number of hydrogen-bond donors (Lipinski definition) is 3. The van der Waals surface area contributed by atoms with Crippen molar-refractivity contribution in [3.05, 3.63) is 18.0 Å².